The van der Waals surface area contributed by atoms with Crippen molar-refractivity contribution >= 4 is 24.0 Å². The number of aldehydes is 1. The molecule has 0 aliphatic carbocycles. The molecule has 0 aromatic carbocycles. The summed E-state index contributed by atoms with van der Waals surface area (Å²) >= 11 is 1.41. The Hall–Kier alpha value is -0.550. The van der Waals surface area contributed by atoms with Crippen LogP contribution in [0.4, 0.5) is 0 Å². The number of ether oxygens (including phenoxy) is 1. The first-order chi connectivity index (χ1) is 6.42. The summed E-state index contributed by atoms with van der Waals surface area (Å²) in [6.07, 6.45) is 0.817. The fourth-order valence-corrected chi connectivity index (χ4v) is 2.09. The van der Waals surface area contributed by atoms with Crippen molar-refractivity contribution in [1.29, 1.82) is 0 Å². The van der Waals surface area contributed by atoms with Crippen LogP contribution in [0.1, 0.15) is 20.8 Å². The van der Waals surface area contributed by atoms with E-state index in [0.717, 1.165) is 6.29 Å². The second-order valence-corrected chi connectivity index (χ2v) is 5.29. The van der Waals surface area contributed by atoms with Crippen LogP contribution in [0.15, 0.2) is 0 Å². The Labute approximate surface area is 87.8 Å². The second kappa shape index (κ2) is 4.31. The van der Waals surface area contributed by atoms with Crippen LogP contribution >= 0.6 is 11.8 Å². The zero-order chi connectivity index (χ0) is 10.8. The molecule has 5 heteroatoms. The Bertz CT molecular complexity index is 237. The quantitative estimate of drug-likeness (QED) is 0.541. The van der Waals surface area contributed by atoms with Crippen LogP contribution in [0, 0.1) is 0 Å². The third-order valence-electron chi connectivity index (χ3n) is 1.59. The first-order valence-electron chi connectivity index (χ1n) is 4.48. The molecule has 0 saturated carbocycles. The molecule has 1 aliphatic rings. The Morgan fingerprint density at radius 1 is 1.57 bits per heavy atom. The predicted molar refractivity (Wildman–Crippen MR) is 55.1 cm³/mol. The van der Waals surface area contributed by atoms with Gasteiger partial charge in [-0.3, -0.25) is 5.32 Å². The first-order valence-corrected chi connectivity index (χ1v) is 5.53. The second-order valence-electron chi connectivity index (χ2n) is 4.16. The molecule has 0 spiro atoms. The summed E-state index contributed by atoms with van der Waals surface area (Å²) in [7, 11) is 0. The van der Waals surface area contributed by atoms with Crippen LogP contribution in [0.2, 0.25) is 0 Å². The predicted octanol–water partition coefficient (Wildman–Crippen LogP) is 0.558. The number of carbonyl (C=O) groups excluding carboxylic acids is 2. The van der Waals surface area contributed by atoms with E-state index < -0.39 is 11.0 Å². The van der Waals surface area contributed by atoms with Gasteiger partial charge in [-0.2, -0.15) is 0 Å². The van der Waals surface area contributed by atoms with E-state index in [1.54, 1.807) is 0 Å². The Morgan fingerprint density at radius 3 is 2.64 bits per heavy atom. The van der Waals surface area contributed by atoms with E-state index in [-0.39, 0.29) is 12.0 Å². The van der Waals surface area contributed by atoms with E-state index in [4.69, 9.17) is 4.74 Å². The van der Waals surface area contributed by atoms with Crippen LogP contribution in [0.5, 0.6) is 0 Å². The fourth-order valence-electron chi connectivity index (χ4n) is 1.06. The summed E-state index contributed by atoms with van der Waals surface area (Å²) in [5.74, 6) is 0.333. The highest BCUT2D eigenvalue weighted by molar-refractivity contribution is 8.00. The van der Waals surface area contributed by atoms with Crippen LogP contribution in [-0.4, -0.2) is 35.0 Å². The normalized spacial score (nSPS) is 27.4. The van der Waals surface area contributed by atoms with Gasteiger partial charge in [-0.25, -0.2) is 4.79 Å². The first kappa shape index (κ1) is 11.5. The molecule has 2 unspecified atom stereocenters. The van der Waals surface area contributed by atoms with Gasteiger partial charge in [0.25, 0.3) is 0 Å². The molecule has 0 bridgehead atoms. The van der Waals surface area contributed by atoms with Crippen LogP contribution in [0.25, 0.3) is 0 Å². The van der Waals surface area contributed by atoms with Crippen molar-refractivity contribution < 1.29 is 14.3 Å². The Balaban J connectivity index is 2.43. The molecule has 1 N–H and O–H groups in total. The third kappa shape index (κ3) is 3.31. The molecule has 1 fully saturated rings. The van der Waals surface area contributed by atoms with Gasteiger partial charge in [0.15, 0.2) is 5.37 Å². The third-order valence-corrected chi connectivity index (χ3v) is 2.81. The van der Waals surface area contributed by atoms with E-state index in [1.165, 1.54) is 11.8 Å². The van der Waals surface area contributed by atoms with Gasteiger partial charge in [0.2, 0.25) is 0 Å². The molecule has 0 radical (unpaired) electrons. The maximum absolute atomic E-state index is 11.5. The molecule has 1 rings (SSSR count). The molecule has 0 aromatic heterocycles. The number of thioether (sulfide) groups is 1. The van der Waals surface area contributed by atoms with E-state index in [0.29, 0.717) is 5.75 Å². The van der Waals surface area contributed by atoms with Gasteiger partial charge in [0, 0.05) is 5.75 Å². The standard InChI is InChI=1S/C9H15NO3S/c1-9(2,3)13-8(12)7-10-6(4-11)5-14-7/h4,6-7,10H,5H2,1-3H3. The Morgan fingerprint density at radius 2 is 2.21 bits per heavy atom. The SMILES string of the molecule is CC(C)(C)OC(=O)C1NC(C=O)CS1. The number of rotatable bonds is 2. The van der Waals surface area contributed by atoms with Crippen molar-refractivity contribution in [1.82, 2.24) is 5.32 Å². The summed E-state index contributed by atoms with van der Waals surface area (Å²) in [6.45, 7) is 5.46. The fraction of sp³-hybridized carbons (Fsp3) is 0.778. The van der Waals surface area contributed by atoms with Gasteiger partial charge >= 0.3 is 5.97 Å². The van der Waals surface area contributed by atoms with Gasteiger partial charge in [-0.15, -0.1) is 11.8 Å². The van der Waals surface area contributed by atoms with Crippen LogP contribution in [0.3, 0.4) is 0 Å². The lowest BCUT2D eigenvalue weighted by atomic mass is 10.2. The largest absolute Gasteiger partial charge is 0.458 e. The topological polar surface area (TPSA) is 55.4 Å². The van der Waals surface area contributed by atoms with E-state index in [1.807, 2.05) is 20.8 Å². The highest BCUT2D eigenvalue weighted by Crippen LogP contribution is 2.21. The maximum Gasteiger partial charge on any atom is 0.334 e. The van der Waals surface area contributed by atoms with Crippen molar-refractivity contribution in [3.8, 4) is 0 Å². The Kier molecular flexibility index (Phi) is 3.55. The number of nitrogens with one attached hydrogen (secondary N) is 1. The minimum Gasteiger partial charge on any atom is -0.458 e. The van der Waals surface area contributed by atoms with Crippen molar-refractivity contribution in [3.63, 3.8) is 0 Å². The molecular weight excluding hydrogens is 202 g/mol. The highest BCUT2D eigenvalue weighted by atomic mass is 32.2. The van der Waals surface area contributed by atoms with Crippen LogP contribution < -0.4 is 5.32 Å². The smallest absolute Gasteiger partial charge is 0.334 e. The number of esters is 1. The summed E-state index contributed by atoms with van der Waals surface area (Å²) in [4.78, 5) is 21.9. The molecular formula is C9H15NO3S. The van der Waals surface area contributed by atoms with Crippen LogP contribution in [-0.2, 0) is 14.3 Å². The zero-order valence-corrected chi connectivity index (χ0v) is 9.39. The molecule has 4 nitrogen and oxygen atoms in total. The molecule has 0 aromatic rings. The summed E-state index contributed by atoms with van der Waals surface area (Å²) < 4.78 is 5.18. The van der Waals surface area contributed by atoms with Crippen molar-refractivity contribution in [2.75, 3.05) is 5.75 Å². The average molecular weight is 217 g/mol. The zero-order valence-electron chi connectivity index (χ0n) is 8.57. The van der Waals surface area contributed by atoms with E-state index in [9.17, 15) is 9.59 Å². The lowest BCUT2D eigenvalue weighted by molar-refractivity contribution is -0.154. The lowest BCUT2D eigenvalue weighted by Gasteiger charge is -2.21. The molecule has 80 valence electrons. The van der Waals surface area contributed by atoms with Gasteiger partial charge in [0.05, 0.1) is 6.04 Å². The minimum atomic E-state index is -0.474. The number of hydrogen-bond acceptors (Lipinski definition) is 5. The average Bonchev–Trinajstić information content (AvgIpc) is 2.48. The number of carbonyl (C=O) groups is 2. The summed E-state index contributed by atoms with van der Waals surface area (Å²) in [6, 6.07) is -0.225. The van der Waals surface area contributed by atoms with E-state index in [2.05, 4.69) is 5.32 Å². The summed E-state index contributed by atoms with van der Waals surface area (Å²) in [5, 5.41) is 2.48. The van der Waals surface area contributed by atoms with E-state index >= 15 is 0 Å². The molecule has 1 heterocycles. The van der Waals surface area contributed by atoms with Crippen molar-refractivity contribution in [2.24, 2.45) is 0 Å². The van der Waals surface area contributed by atoms with Gasteiger partial charge < -0.3 is 9.53 Å². The maximum atomic E-state index is 11.5. The molecule has 2 atom stereocenters. The summed E-state index contributed by atoms with van der Waals surface area (Å²) in [5.41, 5.74) is -0.474. The van der Waals surface area contributed by atoms with Crippen molar-refractivity contribution in [3.05, 3.63) is 0 Å². The van der Waals surface area contributed by atoms with Gasteiger partial charge in [0.1, 0.15) is 11.9 Å². The highest BCUT2D eigenvalue weighted by Gasteiger charge is 2.32. The van der Waals surface area contributed by atoms with Crippen molar-refractivity contribution in [2.45, 2.75) is 37.8 Å². The monoisotopic (exact) mass is 217 g/mol. The van der Waals surface area contributed by atoms with Gasteiger partial charge in [-0.05, 0) is 20.8 Å². The molecule has 14 heavy (non-hydrogen) atoms. The minimum absolute atomic E-state index is 0.225. The molecule has 1 aliphatic heterocycles. The lowest BCUT2D eigenvalue weighted by Crippen LogP contribution is -2.39. The molecule has 1 saturated heterocycles. The van der Waals surface area contributed by atoms with Gasteiger partial charge in [-0.1, -0.05) is 0 Å². The molecule has 0 amide bonds. The number of hydrogen-bond donors (Lipinski definition) is 1.